The molecular weight excluding hydrogens is 218 g/mol. The van der Waals surface area contributed by atoms with E-state index >= 15 is 0 Å². The van der Waals surface area contributed by atoms with E-state index in [1.54, 1.807) is 0 Å². The van der Waals surface area contributed by atoms with Crippen LogP contribution in [0.2, 0.25) is 0 Å². The molecule has 1 rings (SSSR count). The first-order chi connectivity index (χ1) is 5.72. The minimum absolute atomic E-state index is 0.547. The zero-order valence-corrected chi connectivity index (χ0v) is 8.60. The fourth-order valence-corrected chi connectivity index (χ4v) is 1.55. The van der Waals surface area contributed by atoms with E-state index in [0.717, 1.165) is 10.2 Å². The smallest absolute Gasteiger partial charge is 0.120 e. The van der Waals surface area contributed by atoms with Gasteiger partial charge in [0.2, 0.25) is 0 Å². The molecule has 0 aliphatic carbocycles. The molecule has 0 amide bonds. The maximum absolute atomic E-state index is 5.36. The summed E-state index contributed by atoms with van der Waals surface area (Å²) in [6.07, 6.45) is 0. The van der Waals surface area contributed by atoms with Crippen molar-refractivity contribution < 1.29 is 4.74 Å². The molecule has 3 heteroatoms. The lowest BCUT2D eigenvalue weighted by atomic mass is 10.2. The van der Waals surface area contributed by atoms with Gasteiger partial charge >= 0.3 is 0 Å². The SMILES string of the molecule is Cc1cc(Br)cc(OCCN)c1. The monoisotopic (exact) mass is 229 g/mol. The standard InChI is InChI=1S/C9H12BrNO/c1-7-4-8(10)6-9(5-7)12-3-2-11/h4-6H,2-3,11H2,1H3. The number of nitrogens with two attached hydrogens (primary N) is 1. The topological polar surface area (TPSA) is 35.2 Å². The first-order valence-electron chi connectivity index (χ1n) is 3.82. The molecule has 1 aromatic carbocycles. The summed E-state index contributed by atoms with van der Waals surface area (Å²) < 4.78 is 6.40. The van der Waals surface area contributed by atoms with Crippen molar-refractivity contribution in [3.8, 4) is 5.75 Å². The Hall–Kier alpha value is -0.540. The van der Waals surface area contributed by atoms with Crippen molar-refractivity contribution >= 4 is 15.9 Å². The summed E-state index contributed by atoms with van der Waals surface area (Å²) in [7, 11) is 0. The predicted molar refractivity (Wildman–Crippen MR) is 53.4 cm³/mol. The van der Waals surface area contributed by atoms with Crippen LogP contribution >= 0.6 is 15.9 Å². The molecule has 66 valence electrons. The van der Waals surface area contributed by atoms with Crippen LogP contribution in [0, 0.1) is 6.92 Å². The van der Waals surface area contributed by atoms with E-state index in [2.05, 4.69) is 15.9 Å². The van der Waals surface area contributed by atoms with Gasteiger partial charge in [-0.1, -0.05) is 15.9 Å². The molecule has 0 bridgehead atoms. The van der Waals surface area contributed by atoms with Crippen LogP contribution in [-0.2, 0) is 0 Å². The van der Waals surface area contributed by atoms with Crippen molar-refractivity contribution in [1.82, 2.24) is 0 Å². The summed E-state index contributed by atoms with van der Waals surface area (Å²) in [5.41, 5.74) is 6.49. The molecule has 0 fully saturated rings. The van der Waals surface area contributed by atoms with Gasteiger partial charge in [0, 0.05) is 11.0 Å². The Bertz CT molecular complexity index is 242. The first kappa shape index (κ1) is 9.55. The maximum atomic E-state index is 5.36. The van der Waals surface area contributed by atoms with Gasteiger partial charge in [0.15, 0.2) is 0 Å². The van der Waals surface area contributed by atoms with Crippen LogP contribution in [0.15, 0.2) is 22.7 Å². The third-order valence-corrected chi connectivity index (χ3v) is 1.86. The summed E-state index contributed by atoms with van der Waals surface area (Å²) in [5, 5.41) is 0. The Labute approximate surface area is 80.8 Å². The van der Waals surface area contributed by atoms with Crippen LogP contribution in [0.4, 0.5) is 0 Å². The lowest BCUT2D eigenvalue weighted by Gasteiger charge is -2.05. The van der Waals surface area contributed by atoms with E-state index in [-0.39, 0.29) is 0 Å². The fourth-order valence-electron chi connectivity index (χ4n) is 0.963. The van der Waals surface area contributed by atoms with Crippen LogP contribution in [0.25, 0.3) is 0 Å². The first-order valence-corrected chi connectivity index (χ1v) is 4.62. The van der Waals surface area contributed by atoms with E-state index in [0.29, 0.717) is 13.2 Å². The van der Waals surface area contributed by atoms with Gasteiger partial charge in [0.1, 0.15) is 12.4 Å². The van der Waals surface area contributed by atoms with Crippen molar-refractivity contribution in [3.05, 3.63) is 28.2 Å². The van der Waals surface area contributed by atoms with E-state index in [4.69, 9.17) is 10.5 Å². The highest BCUT2D eigenvalue weighted by Gasteiger charge is 1.96. The highest BCUT2D eigenvalue weighted by Crippen LogP contribution is 2.20. The second-order valence-corrected chi connectivity index (χ2v) is 3.52. The number of aryl methyl sites for hydroxylation is 1. The minimum Gasteiger partial charge on any atom is -0.492 e. The van der Waals surface area contributed by atoms with E-state index in [1.807, 2.05) is 25.1 Å². The highest BCUT2D eigenvalue weighted by molar-refractivity contribution is 9.10. The molecule has 0 atom stereocenters. The Morgan fingerprint density at radius 1 is 1.42 bits per heavy atom. The summed E-state index contributed by atoms with van der Waals surface area (Å²) in [6, 6.07) is 5.96. The van der Waals surface area contributed by atoms with Crippen molar-refractivity contribution in [2.45, 2.75) is 6.92 Å². The van der Waals surface area contributed by atoms with Crippen LogP contribution in [0.5, 0.6) is 5.75 Å². The van der Waals surface area contributed by atoms with Crippen LogP contribution in [0.3, 0.4) is 0 Å². The zero-order chi connectivity index (χ0) is 8.97. The average Bonchev–Trinajstić information content (AvgIpc) is 1.99. The van der Waals surface area contributed by atoms with E-state index in [9.17, 15) is 0 Å². The Morgan fingerprint density at radius 2 is 2.17 bits per heavy atom. The Balaban J connectivity index is 2.72. The zero-order valence-electron chi connectivity index (χ0n) is 7.01. The average molecular weight is 230 g/mol. The molecule has 0 saturated heterocycles. The number of halogens is 1. The lowest BCUT2D eigenvalue weighted by molar-refractivity contribution is 0.328. The molecule has 0 heterocycles. The molecule has 12 heavy (non-hydrogen) atoms. The molecule has 0 aliphatic heterocycles. The number of hydrogen-bond donors (Lipinski definition) is 1. The molecule has 0 aliphatic rings. The number of ether oxygens (including phenoxy) is 1. The molecule has 1 aromatic rings. The largest absolute Gasteiger partial charge is 0.492 e. The summed E-state index contributed by atoms with van der Waals surface area (Å²) in [5.74, 6) is 0.868. The third-order valence-electron chi connectivity index (χ3n) is 1.40. The van der Waals surface area contributed by atoms with Crippen LogP contribution < -0.4 is 10.5 Å². The second kappa shape index (κ2) is 4.48. The van der Waals surface area contributed by atoms with Gasteiger partial charge in [-0.05, 0) is 30.7 Å². The molecule has 0 radical (unpaired) electrons. The summed E-state index contributed by atoms with van der Waals surface area (Å²) in [4.78, 5) is 0. The molecule has 0 aromatic heterocycles. The molecule has 0 unspecified atom stereocenters. The van der Waals surface area contributed by atoms with Gasteiger partial charge in [-0.25, -0.2) is 0 Å². The molecule has 2 N–H and O–H groups in total. The van der Waals surface area contributed by atoms with Crippen molar-refractivity contribution in [3.63, 3.8) is 0 Å². The number of benzene rings is 1. The van der Waals surface area contributed by atoms with Gasteiger partial charge in [0.25, 0.3) is 0 Å². The normalized spacial score (nSPS) is 9.92. The Kier molecular flexibility index (Phi) is 3.56. The summed E-state index contributed by atoms with van der Waals surface area (Å²) >= 11 is 3.39. The predicted octanol–water partition coefficient (Wildman–Crippen LogP) is 2.10. The maximum Gasteiger partial charge on any atom is 0.120 e. The second-order valence-electron chi connectivity index (χ2n) is 2.60. The van der Waals surface area contributed by atoms with E-state index < -0.39 is 0 Å². The lowest BCUT2D eigenvalue weighted by Crippen LogP contribution is -2.10. The van der Waals surface area contributed by atoms with E-state index in [1.165, 1.54) is 5.56 Å². The third kappa shape index (κ3) is 2.83. The van der Waals surface area contributed by atoms with Crippen LogP contribution in [-0.4, -0.2) is 13.2 Å². The fraction of sp³-hybridized carbons (Fsp3) is 0.333. The molecule has 0 spiro atoms. The van der Waals surface area contributed by atoms with Crippen molar-refractivity contribution in [1.29, 1.82) is 0 Å². The van der Waals surface area contributed by atoms with Gasteiger partial charge < -0.3 is 10.5 Å². The Morgan fingerprint density at radius 3 is 2.75 bits per heavy atom. The number of rotatable bonds is 3. The minimum atomic E-state index is 0.547. The molecule has 0 saturated carbocycles. The van der Waals surface area contributed by atoms with Crippen molar-refractivity contribution in [2.75, 3.05) is 13.2 Å². The highest BCUT2D eigenvalue weighted by atomic mass is 79.9. The van der Waals surface area contributed by atoms with Gasteiger partial charge in [0.05, 0.1) is 0 Å². The molecule has 2 nitrogen and oxygen atoms in total. The van der Waals surface area contributed by atoms with Crippen LogP contribution in [0.1, 0.15) is 5.56 Å². The van der Waals surface area contributed by atoms with Crippen molar-refractivity contribution in [2.24, 2.45) is 5.73 Å². The van der Waals surface area contributed by atoms with Gasteiger partial charge in [-0.3, -0.25) is 0 Å². The summed E-state index contributed by atoms with van der Waals surface area (Å²) in [6.45, 7) is 3.14. The van der Waals surface area contributed by atoms with Gasteiger partial charge in [-0.2, -0.15) is 0 Å². The quantitative estimate of drug-likeness (QED) is 0.862. The van der Waals surface area contributed by atoms with Gasteiger partial charge in [-0.15, -0.1) is 0 Å². The molecular formula is C9H12BrNO. The number of hydrogen-bond acceptors (Lipinski definition) is 2.